The van der Waals surface area contributed by atoms with E-state index in [0.717, 1.165) is 6.07 Å². The molecule has 1 amide bonds. The van der Waals surface area contributed by atoms with Crippen LogP contribution in [0, 0.1) is 5.82 Å². The number of rotatable bonds is 4. The van der Waals surface area contributed by atoms with E-state index in [-0.39, 0.29) is 17.2 Å². The highest BCUT2D eigenvalue weighted by molar-refractivity contribution is 6.30. The van der Waals surface area contributed by atoms with E-state index in [2.05, 4.69) is 5.32 Å². The van der Waals surface area contributed by atoms with Crippen LogP contribution in [0.2, 0.25) is 5.02 Å². The minimum atomic E-state index is -0.716. The summed E-state index contributed by atoms with van der Waals surface area (Å²) >= 11 is 5.64. The third-order valence-corrected chi connectivity index (χ3v) is 3.04. The first kappa shape index (κ1) is 16.0. The van der Waals surface area contributed by atoms with Crippen LogP contribution in [0.15, 0.2) is 42.5 Å². The summed E-state index contributed by atoms with van der Waals surface area (Å²) in [4.78, 5) is 23.7. The smallest absolute Gasteiger partial charge is 0.338 e. The lowest BCUT2D eigenvalue weighted by Crippen LogP contribution is -2.14. The van der Waals surface area contributed by atoms with Gasteiger partial charge < -0.3 is 10.1 Å². The number of hydrogen-bond donors (Lipinski definition) is 1. The normalized spacial score (nSPS) is 10.1. The highest BCUT2D eigenvalue weighted by atomic mass is 35.5. The second-order valence-corrected chi connectivity index (χ2v) is 4.82. The zero-order chi connectivity index (χ0) is 16.1. The van der Waals surface area contributed by atoms with Gasteiger partial charge in [0, 0.05) is 10.7 Å². The lowest BCUT2D eigenvalue weighted by Gasteiger charge is -2.08. The van der Waals surface area contributed by atoms with Gasteiger partial charge >= 0.3 is 5.97 Å². The Morgan fingerprint density at radius 2 is 2.00 bits per heavy atom. The molecule has 0 spiro atoms. The van der Waals surface area contributed by atoms with Crippen LogP contribution >= 0.6 is 11.6 Å². The fraction of sp³-hybridized carbons (Fsp3) is 0.125. The molecule has 0 unspecified atom stereocenters. The van der Waals surface area contributed by atoms with Crippen molar-refractivity contribution in [3.05, 3.63) is 64.4 Å². The molecule has 0 bridgehead atoms. The summed E-state index contributed by atoms with van der Waals surface area (Å²) in [7, 11) is 0. The number of carbonyl (C=O) groups is 2. The summed E-state index contributed by atoms with van der Waals surface area (Å²) < 4.78 is 18.6. The molecule has 0 saturated heterocycles. The van der Waals surface area contributed by atoms with Gasteiger partial charge in [0.05, 0.1) is 17.7 Å². The standard InChI is InChI=1S/C16H13ClFNO3/c1-2-22-16(21)10-4-3-5-12(8-10)19-15(20)13-7-6-11(17)9-14(13)18/h3-9H,2H2,1H3,(H,19,20). The van der Waals surface area contributed by atoms with Crippen LogP contribution in [0.4, 0.5) is 10.1 Å². The Bertz CT molecular complexity index is 718. The second-order valence-electron chi connectivity index (χ2n) is 4.38. The monoisotopic (exact) mass is 321 g/mol. The van der Waals surface area contributed by atoms with Crippen molar-refractivity contribution in [3.63, 3.8) is 0 Å². The maximum absolute atomic E-state index is 13.7. The fourth-order valence-corrected chi connectivity index (χ4v) is 1.97. The molecule has 2 rings (SSSR count). The highest BCUT2D eigenvalue weighted by Crippen LogP contribution is 2.17. The zero-order valence-corrected chi connectivity index (χ0v) is 12.5. The maximum atomic E-state index is 13.7. The molecular weight excluding hydrogens is 309 g/mol. The number of anilines is 1. The highest BCUT2D eigenvalue weighted by Gasteiger charge is 2.13. The molecule has 0 radical (unpaired) electrons. The largest absolute Gasteiger partial charge is 0.462 e. The van der Waals surface area contributed by atoms with Crippen LogP contribution in [0.5, 0.6) is 0 Å². The van der Waals surface area contributed by atoms with Gasteiger partial charge in [-0.15, -0.1) is 0 Å². The minimum absolute atomic E-state index is 0.133. The van der Waals surface area contributed by atoms with Gasteiger partial charge in [0.25, 0.3) is 5.91 Å². The van der Waals surface area contributed by atoms with E-state index in [0.29, 0.717) is 11.3 Å². The first-order valence-electron chi connectivity index (χ1n) is 6.55. The first-order chi connectivity index (χ1) is 10.5. The number of hydrogen-bond acceptors (Lipinski definition) is 3. The second kappa shape index (κ2) is 7.04. The number of amides is 1. The lowest BCUT2D eigenvalue weighted by molar-refractivity contribution is 0.0526. The minimum Gasteiger partial charge on any atom is -0.462 e. The van der Waals surface area contributed by atoms with Crippen molar-refractivity contribution in [2.24, 2.45) is 0 Å². The van der Waals surface area contributed by atoms with Gasteiger partial charge in [0.1, 0.15) is 5.82 Å². The molecular formula is C16H13ClFNO3. The van der Waals surface area contributed by atoms with Gasteiger partial charge in [-0.05, 0) is 43.3 Å². The van der Waals surface area contributed by atoms with Crippen molar-refractivity contribution >= 4 is 29.2 Å². The van der Waals surface area contributed by atoms with Gasteiger partial charge in [0.15, 0.2) is 0 Å². The van der Waals surface area contributed by atoms with E-state index >= 15 is 0 Å². The topological polar surface area (TPSA) is 55.4 Å². The molecule has 0 aromatic heterocycles. The Balaban J connectivity index is 2.18. The molecule has 0 heterocycles. The predicted octanol–water partition coefficient (Wildman–Crippen LogP) is 3.91. The Kier molecular flexibility index (Phi) is 5.12. The number of ether oxygens (including phenoxy) is 1. The summed E-state index contributed by atoms with van der Waals surface area (Å²) in [5.74, 6) is -1.84. The van der Waals surface area contributed by atoms with E-state index in [1.54, 1.807) is 25.1 Å². The Hall–Kier alpha value is -2.40. The molecule has 6 heteroatoms. The van der Waals surface area contributed by atoms with Crippen LogP contribution in [0.1, 0.15) is 27.6 Å². The van der Waals surface area contributed by atoms with Crippen molar-refractivity contribution < 1.29 is 18.7 Å². The predicted molar refractivity (Wildman–Crippen MR) is 81.8 cm³/mol. The Morgan fingerprint density at radius 1 is 1.23 bits per heavy atom. The van der Waals surface area contributed by atoms with Crippen LogP contribution in [0.25, 0.3) is 0 Å². The van der Waals surface area contributed by atoms with Crippen molar-refractivity contribution in [2.45, 2.75) is 6.92 Å². The molecule has 2 aromatic carbocycles. The van der Waals surface area contributed by atoms with E-state index in [9.17, 15) is 14.0 Å². The number of carbonyl (C=O) groups excluding carboxylic acids is 2. The number of nitrogens with one attached hydrogen (secondary N) is 1. The molecule has 0 aliphatic rings. The molecule has 22 heavy (non-hydrogen) atoms. The number of halogens is 2. The third kappa shape index (κ3) is 3.83. The molecule has 2 aromatic rings. The molecule has 114 valence electrons. The van der Waals surface area contributed by atoms with Gasteiger partial charge in [-0.2, -0.15) is 0 Å². The summed E-state index contributed by atoms with van der Waals surface area (Å²) in [6.45, 7) is 1.96. The molecule has 0 fully saturated rings. The Morgan fingerprint density at radius 3 is 2.68 bits per heavy atom. The fourth-order valence-electron chi connectivity index (χ4n) is 1.81. The molecule has 1 N–H and O–H groups in total. The quantitative estimate of drug-likeness (QED) is 0.869. The van der Waals surface area contributed by atoms with Gasteiger partial charge in [-0.25, -0.2) is 9.18 Å². The van der Waals surface area contributed by atoms with Crippen LogP contribution in [0.3, 0.4) is 0 Å². The average molecular weight is 322 g/mol. The van der Waals surface area contributed by atoms with E-state index in [1.165, 1.54) is 18.2 Å². The summed E-state index contributed by atoms with van der Waals surface area (Å²) in [5.41, 5.74) is 0.534. The van der Waals surface area contributed by atoms with E-state index in [4.69, 9.17) is 16.3 Å². The lowest BCUT2D eigenvalue weighted by atomic mass is 10.1. The van der Waals surface area contributed by atoms with Gasteiger partial charge in [-0.1, -0.05) is 17.7 Å². The van der Waals surface area contributed by atoms with Crippen molar-refractivity contribution in [3.8, 4) is 0 Å². The summed E-state index contributed by atoms with van der Waals surface area (Å²) in [6, 6.07) is 10.00. The average Bonchev–Trinajstić information content (AvgIpc) is 2.47. The zero-order valence-electron chi connectivity index (χ0n) is 11.7. The number of esters is 1. The van der Waals surface area contributed by atoms with Crippen LogP contribution in [-0.2, 0) is 4.74 Å². The van der Waals surface area contributed by atoms with Crippen molar-refractivity contribution in [2.75, 3.05) is 11.9 Å². The first-order valence-corrected chi connectivity index (χ1v) is 6.92. The third-order valence-electron chi connectivity index (χ3n) is 2.81. The van der Waals surface area contributed by atoms with E-state index < -0.39 is 17.7 Å². The number of benzene rings is 2. The van der Waals surface area contributed by atoms with E-state index in [1.807, 2.05) is 0 Å². The maximum Gasteiger partial charge on any atom is 0.338 e. The van der Waals surface area contributed by atoms with Crippen molar-refractivity contribution in [1.82, 2.24) is 0 Å². The SMILES string of the molecule is CCOC(=O)c1cccc(NC(=O)c2ccc(Cl)cc2F)c1. The van der Waals surface area contributed by atoms with Crippen LogP contribution < -0.4 is 5.32 Å². The van der Waals surface area contributed by atoms with Crippen molar-refractivity contribution in [1.29, 1.82) is 0 Å². The molecule has 0 atom stereocenters. The molecule has 0 aliphatic carbocycles. The van der Waals surface area contributed by atoms with Gasteiger partial charge in [0.2, 0.25) is 0 Å². The van der Waals surface area contributed by atoms with Gasteiger partial charge in [-0.3, -0.25) is 4.79 Å². The molecule has 4 nitrogen and oxygen atoms in total. The summed E-state index contributed by atoms with van der Waals surface area (Å²) in [5, 5.41) is 2.73. The molecule has 0 saturated carbocycles. The summed E-state index contributed by atoms with van der Waals surface area (Å²) in [6.07, 6.45) is 0. The molecule has 0 aliphatic heterocycles. The van der Waals surface area contributed by atoms with Crippen LogP contribution in [-0.4, -0.2) is 18.5 Å². The Labute approximate surface area is 131 Å².